The van der Waals surface area contributed by atoms with Gasteiger partial charge in [0.05, 0.1) is 16.1 Å². The molecule has 0 radical (unpaired) electrons. The summed E-state index contributed by atoms with van der Waals surface area (Å²) in [7, 11) is 0. The molecule has 0 bridgehead atoms. The quantitative estimate of drug-likeness (QED) is 0.477. The Hall–Kier alpha value is -3.51. The van der Waals surface area contributed by atoms with Crippen LogP contribution in [-0.2, 0) is 17.5 Å². The molecular formula is C19H13ClF3N3O3. The third-order valence-corrected chi connectivity index (χ3v) is 3.98. The Morgan fingerprint density at radius 2 is 1.83 bits per heavy atom. The molecule has 0 spiro atoms. The monoisotopic (exact) mass is 423 g/mol. The standard InChI is InChI=1S/C19H13ClF3N3O3/c20-16-6-5-14(7-15(16)19(21,22)23)26-17(27)13(8-24)10-25-9-11-1-3-12(4-2-11)18(28)29/h1-7,10,25H,9H2,(H,26,27)(H,28,29)/b13-10-. The van der Waals surface area contributed by atoms with Gasteiger partial charge in [0.1, 0.15) is 11.6 Å². The first-order valence-electron chi connectivity index (χ1n) is 7.96. The summed E-state index contributed by atoms with van der Waals surface area (Å²) in [5, 5.41) is 22.4. The second-order valence-electron chi connectivity index (χ2n) is 5.70. The van der Waals surface area contributed by atoms with E-state index in [9.17, 15) is 22.8 Å². The van der Waals surface area contributed by atoms with Crippen LogP contribution in [0.25, 0.3) is 0 Å². The lowest BCUT2D eigenvalue weighted by atomic mass is 10.1. The van der Waals surface area contributed by atoms with Crippen molar-refractivity contribution in [3.05, 3.63) is 76.0 Å². The molecule has 2 aromatic carbocycles. The van der Waals surface area contributed by atoms with Crippen LogP contribution in [0.3, 0.4) is 0 Å². The van der Waals surface area contributed by atoms with Gasteiger partial charge < -0.3 is 15.7 Å². The summed E-state index contributed by atoms with van der Waals surface area (Å²) in [4.78, 5) is 22.9. The zero-order valence-electron chi connectivity index (χ0n) is 14.5. The summed E-state index contributed by atoms with van der Waals surface area (Å²) in [5.41, 5.74) is -0.839. The molecule has 0 unspecified atom stereocenters. The van der Waals surface area contributed by atoms with Gasteiger partial charge in [-0.2, -0.15) is 18.4 Å². The van der Waals surface area contributed by atoms with Crippen LogP contribution >= 0.6 is 11.6 Å². The minimum atomic E-state index is -4.69. The number of hydrogen-bond donors (Lipinski definition) is 3. The number of amides is 1. The van der Waals surface area contributed by atoms with E-state index in [0.717, 1.165) is 12.3 Å². The summed E-state index contributed by atoms with van der Waals surface area (Å²) in [6.45, 7) is 0.192. The van der Waals surface area contributed by atoms with Gasteiger partial charge in [-0.25, -0.2) is 4.79 Å². The fourth-order valence-corrected chi connectivity index (χ4v) is 2.43. The molecule has 0 aliphatic heterocycles. The number of aromatic carboxylic acids is 1. The number of anilines is 1. The van der Waals surface area contributed by atoms with Crippen molar-refractivity contribution in [1.82, 2.24) is 5.32 Å². The largest absolute Gasteiger partial charge is 0.478 e. The molecule has 0 saturated heterocycles. The highest BCUT2D eigenvalue weighted by atomic mass is 35.5. The van der Waals surface area contributed by atoms with Gasteiger partial charge >= 0.3 is 12.1 Å². The lowest BCUT2D eigenvalue weighted by Crippen LogP contribution is -2.17. The summed E-state index contributed by atoms with van der Waals surface area (Å²) < 4.78 is 38.7. The van der Waals surface area contributed by atoms with Crippen LogP contribution in [0.4, 0.5) is 18.9 Å². The van der Waals surface area contributed by atoms with Gasteiger partial charge in [0, 0.05) is 18.4 Å². The van der Waals surface area contributed by atoms with E-state index >= 15 is 0 Å². The predicted molar refractivity (Wildman–Crippen MR) is 99.0 cm³/mol. The van der Waals surface area contributed by atoms with E-state index in [0.29, 0.717) is 11.6 Å². The molecule has 0 aliphatic carbocycles. The maximum Gasteiger partial charge on any atom is 0.417 e. The number of carbonyl (C=O) groups is 2. The molecule has 1 amide bonds. The molecule has 10 heteroatoms. The van der Waals surface area contributed by atoms with Crippen molar-refractivity contribution >= 4 is 29.2 Å². The van der Waals surface area contributed by atoms with Crippen LogP contribution < -0.4 is 10.6 Å². The van der Waals surface area contributed by atoms with Gasteiger partial charge in [-0.05, 0) is 35.9 Å². The van der Waals surface area contributed by atoms with Gasteiger partial charge in [0.25, 0.3) is 5.91 Å². The highest BCUT2D eigenvalue weighted by Crippen LogP contribution is 2.36. The van der Waals surface area contributed by atoms with Crippen LogP contribution in [0.1, 0.15) is 21.5 Å². The van der Waals surface area contributed by atoms with Crippen LogP contribution in [0.15, 0.2) is 54.2 Å². The van der Waals surface area contributed by atoms with Crippen molar-refractivity contribution in [2.24, 2.45) is 0 Å². The molecular weight excluding hydrogens is 411 g/mol. The minimum Gasteiger partial charge on any atom is -0.478 e. The van der Waals surface area contributed by atoms with E-state index in [1.54, 1.807) is 18.2 Å². The number of nitrogens with one attached hydrogen (secondary N) is 2. The molecule has 2 rings (SSSR count). The van der Waals surface area contributed by atoms with Gasteiger partial charge in [0.2, 0.25) is 0 Å². The first-order valence-corrected chi connectivity index (χ1v) is 8.33. The number of rotatable bonds is 6. The predicted octanol–water partition coefficient (Wildman–Crippen LogP) is 4.19. The number of carboxylic acids is 1. The molecule has 0 aliphatic rings. The summed E-state index contributed by atoms with van der Waals surface area (Å²) in [6, 6.07) is 10.4. The zero-order chi connectivity index (χ0) is 21.6. The average molecular weight is 424 g/mol. The van der Waals surface area contributed by atoms with Crippen molar-refractivity contribution in [2.75, 3.05) is 5.32 Å². The van der Waals surface area contributed by atoms with Gasteiger partial charge in [0.15, 0.2) is 0 Å². The van der Waals surface area contributed by atoms with E-state index < -0.39 is 28.6 Å². The fraction of sp³-hybridized carbons (Fsp3) is 0.105. The molecule has 0 saturated carbocycles. The third-order valence-electron chi connectivity index (χ3n) is 3.65. The SMILES string of the molecule is N#C/C(=C/NCc1ccc(C(=O)O)cc1)C(=O)Nc1ccc(Cl)c(C(F)(F)F)c1. The van der Waals surface area contributed by atoms with Crippen molar-refractivity contribution in [3.8, 4) is 6.07 Å². The van der Waals surface area contributed by atoms with Crippen molar-refractivity contribution in [1.29, 1.82) is 5.26 Å². The number of nitriles is 1. The van der Waals surface area contributed by atoms with Gasteiger partial charge in [-0.3, -0.25) is 4.79 Å². The number of carbonyl (C=O) groups excluding carboxylic acids is 1. The van der Waals surface area contributed by atoms with E-state index in [-0.39, 0.29) is 23.4 Å². The van der Waals surface area contributed by atoms with Crippen molar-refractivity contribution in [3.63, 3.8) is 0 Å². The second kappa shape index (κ2) is 9.12. The van der Waals surface area contributed by atoms with Gasteiger partial charge in [-0.15, -0.1) is 0 Å². The Morgan fingerprint density at radius 3 is 2.38 bits per heavy atom. The highest BCUT2D eigenvalue weighted by Gasteiger charge is 2.33. The molecule has 0 aromatic heterocycles. The van der Waals surface area contributed by atoms with E-state index in [4.69, 9.17) is 22.0 Å². The molecule has 29 heavy (non-hydrogen) atoms. The molecule has 2 aromatic rings. The number of nitrogens with zero attached hydrogens (tertiary/aromatic N) is 1. The lowest BCUT2D eigenvalue weighted by Gasteiger charge is -2.11. The second-order valence-corrected chi connectivity index (χ2v) is 6.11. The Balaban J connectivity index is 2.05. The summed E-state index contributed by atoms with van der Waals surface area (Å²) in [6.07, 6.45) is -3.58. The molecule has 0 heterocycles. The lowest BCUT2D eigenvalue weighted by molar-refractivity contribution is -0.137. The normalized spacial score (nSPS) is 11.5. The maximum atomic E-state index is 12.9. The summed E-state index contributed by atoms with van der Waals surface area (Å²) >= 11 is 5.52. The van der Waals surface area contributed by atoms with Crippen LogP contribution in [-0.4, -0.2) is 17.0 Å². The summed E-state index contributed by atoms with van der Waals surface area (Å²) in [5.74, 6) is -1.97. The third kappa shape index (κ3) is 5.99. The smallest absolute Gasteiger partial charge is 0.417 e. The number of benzene rings is 2. The van der Waals surface area contributed by atoms with E-state index in [2.05, 4.69) is 10.6 Å². The number of carboxylic acid groups (broad SMARTS) is 1. The minimum absolute atomic E-state index is 0.113. The molecule has 6 nitrogen and oxygen atoms in total. The fourth-order valence-electron chi connectivity index (χ4n) is 2.20. The zero-order valence-corrected chi connectivity index (χ0v) is 15.3. The Morgan fingerprint density at radius 1 is 1.17 bits per heavy atom. The van der Waals surface area contributed by atoms with Gasteiger partial charge in [-0.1, -0.05) is 23.7 Å². The van der Waals surface area contributed by atoms with Crippen molar-refractivity contribution < 1.29 is 27.9 Å². The topological polar surface area (TPSA) is 102 Å². The van der Waals surface area contributed by atoms with E-state index in [1.165, 1.54) is 18.2 Å². The number of alkyl halides is 3. The van der Waals surface area contributed by atoms with Crippen molar-refractivity contribution in [2.45, 2.75) is 12.7 Å². The Labute approximate surface area is 168 Å². The Kier molecular flexibility index (Phi) is 6.85. The van der Waals surface area contributed by atoms with Crippen LogP contribution in [0.5, 0.6) is 0 Å². The first kappa shape index (κ1) is 21.8. The molecule has 0 atom stereocenters. The molecule has 3 N–H and O–H groups in total. The van der Waals surface area contributed by atoms with Crippen LogP contribution in [0.2, 0.25) is 5.02 Å². The molecule has 150 valence electrons. The molecule has 0 fully saturated rings. The maximum absolute atomic E-state index is 12.9. The number of hydrogen-bond acceptors (Lipinski definition) is 4. The average Bonchev–Trinajstić information content (AvgIpc) is 2.66. The first-order chi connectivity index (χ1) is 13.6. The van der Waals surface area contributed by atoms with E-state index in [1.807, 2.05) is 0 Å². The van der Waals surface area contributed by atoms with Crippen LogP contribution in [0, 0.1) is 11.3 Å². The Bertz CT molecular complexity index is 996. The highest BCUT2D eigenvalue weighted by molar-refractivity contribution is 6.31. The number of halogens is 4.